The maximum absolute atomic E-state index is 13.6. The summed E-state index contributed by atoms with van der Waals surface area (Å²) in [7, 11) is -3.20. The molecule has 0 aliphatic carbocycles. The molecule has 2 rings (SSSR count). The zero-order valence-electron chi connectivity index (χ0n) is 10.0. The molecule has 0 saturated carbocycles. The molecule has 1 saturated heterocycles. The predicted octanol–water partition coefficient (Wildman–Crippen LogP) is 1.44. The molecule has 19 heavy (non-hydrogen) atoms. The van der Waals surface area contributed by atoms with Gasteiger partial charge in [-0.15, -0.1) is 0 Å². The molecule has 0 radical (unpaired) electrons. The van der Waals surface area contributed by atoms with Crippen molar-refractivity contribution >= 4 is 15.6 Å². The van der Waals surface area contributed by atoms with Crippen LogP contribution in [0.2, 0.25) is 0 Å². The summed E-state index contributed by atoms with van der Waals surface area (Å²) >= 11 is 0. The van der Waals surface area contributed by atoms with E-state index in [0.29, 0.717) is 0 Å². The van der Waals surface area contributed by atoms with Gasteiger partial charge in [-0.3, -0.25) is 4.79 Å². The first kappa shape index (κ1) is 13.7. The normalized spacial score (nSPS) is 22.6. The number of halogens is 1. The van der Waals surface area contributed by atoms with Crippen LogP contribution in [0.15, 0.2) is 24.3 Å². The molecule has 2 unspecified atom stereocenters. The Bertz CT molecular complexity index is 648. The molecule has 1 aliphatic heterocycles. The summed E-state index contributed by atoms with van der Waals surface area (Å²) in [6.07, 6.45) is 0.216. The summed E-state index contributed by atoms with van der Waals surface area (Å²) in [4.78, 5) is 12.2. The second-order valence-electron chi connectivity index (χ2n) is 4.59. The number of nitrogens with zero attached hydrogens (tertiary/aromatic N) is 1. The third-order valence-electron chi connectivity index (χ3n) is 3.26. The molecule has 0 amide bonds. The van der Waals surface area contributed by atoms with Crippen LogP contribution in [0, 0.1) is 23.1 Å². The zero-order valence-corrected chi connectivity index (χ0v) is 10.9. The van der Waals surface area contributed by atoms with Crippen LogP contribution in [0.3, 0.4) is 0 Å². The highest BCUT2D eigenvalue weighted by molar-refractivity contribution is 7.91. The topological polar surface area (TPSA) is 75.0 Å². The Balaban J connectivity index is 2.27. The maximum Gasteiger partial charge on any atom is 0.158 e. The van der Waals surface area contributed by atoms with E-state index in [0.717, 1.165) is 0 Å². The fourth-order valence-corrected chi connectivity index (χ4v) is 4.01. The van der Waals surface area contributed by atoms with E-state index < -0.39 is 33.3 Å². The lowest BCUT2D eigenvalue weighted by atomic mass is 9.88. The van der Waals surface area contributed by atoms with Gasteiger partial charge in [0.2, 0.25) is 0 Å². The molecule has 4 nitrogen and oxygen atoms in total. The first-order chi connectivity index (χ1) is 8.94. The quantitative estimate of drug-likeness (QED) is 0.840. The van der Waals surface area contributed by atoms with Crippen LogP contribution in [0.5, 0.6) is 0 Å². The lowest BCUT2D eigenvalue weighted by molar-refractivity contribution is -0.122. The second-order valence-corrected chi connectivity index (χ2v) is 6.81. The van der Waals surface area contributed by atoms with Crippen molar-refractivity contribution in [2.24, 2.45) is 5.92 Å². The number of carbonyl (C=O) groups excluding carboxylic acids is 1. The summed E-state index contributed by atoms with van der Waals surface area (Å²) in [5.41, 5.74) is 0.0132. The van der Waals surface area contributed by atoms with Gasteiger partial charge < -0.3 is 0 Å². The molecule has 1 fully saturated rings. The molecule has 1 aliphatic rings. The molecule has 0 N–H and O–H groups in total. The van der Waals surface area contributed by atoms with Crippen molar-refractivity contribution in [1.29, 1.82) is 5.26 Å². The van der Waals surface area contributed by atoms with E-state index in [2.05, 4.69) is 0 Å². The van der Waals surface area contributed by atoms with Gasteiger partial charge in [-0.05, 0) is 12.5 Å². The first-order valence-corrected chi connectivity index (χ1v) is 7.65. The Hall–Kier alpha value is -1.74. The van der Waals surface area contributed by atoms with Gasteiger partial charge in [0, 0.05) is 11.5 Å². The third-order valence-corrected chi connectivity index (χ3v) is 5.03. The number of carbonyl (C=O) groups is 1. The van der Waals surface area contributed by atoms with Crippen LogP contribution in [-0.2, 0) is 14.6 Å². The highest BCUT2D eigenvalue weighted by Gasteiger charge is 2.37. The zero-order chi connectivity index (χ0) is 14.0. The van der Waals surface area contributed by atoms with Gasteiger partial charge in [-0.2, -0.15) is 5.26 Å². The van der Waals surface area contributed by atoms with E-state index in [1.165, 1.54) is 18.2 Å². The molecule has 0 bridgehead atoms. The standard InChI is InChI=1S/C13H12FNO3S/c14-12-4-2-1-3-10(12)11(7-15)13(16)9-5-6-19(17,18)8-9/h1-4,9,11H,5-6,8H2. The largest absolute Gasteiger partial charge is 0.297 e. The summed E-state index contributed by atoms with van der Waals surface area (Å²) in [6.45, 7) is 0. The minimum Gasteiger partial charge on any atom is -0.297 e. The Kier molecular flexibility index (Phi) is 3.67. The number of rotatable bonds is 3. The van der Waals surface area contributed by atoms with Crippen molar-refractivity contribution < 1.29 is 17.6 Å². The highest BCUT2D eigenvalue weighted by atomic mass is 32.2. The van der Waals surface area contributed by atoms with Crippen molar-refractivity contribution in [3.63, 3.8) is 0 Å². The van der Waals surface area contributed by atoms with Crippen LogP contribution < -0.4 is 0 Å². The highest BCUT2D eigenvalue weighted by Crippen LogP contribution is 2.28. The minimum absolute atomic E-state index is 0.0132. The molecule has 1 aromatic carbocycles. The summed E-state index contributed by atoms with van der Waals surface area (Å²) < 4.78 is 36.3. The van der Waals surface area contributed by atoms with Crippen LogP contribution in [-0.4, -0.2) is 25.7 Å². The smallest absolute Gasteiger partial charge is 0.158 e. The van der Waals surface area contributed by atoms with Gasteiger partial charge in [-0.25, -0.2) is 12.8 Å². The van der Waals surface area contributed by atoms with E-state index in [1.54, 1.807) is 12.1 Å². The van der Waals surface area contributed by atoms with E-state index in [1.807, 2.05) is 0 Å². The third kappa shape index (κ3) is 2.82. The number of benzene rings is 1. The van der Waals surface area contributed by atoms with Crippen molar-refractivity contribution in [3.8, 4) is 6.07 Å². The first-order valence-electron chi connectivity index (χ1n) is 5.83. The van der Waals surface area contributed by atoms with Crippen molar-refractivity contribution in [2.45, 2.75) is 12.3 Å². The Labute approximate surface area is 110 Å². The average molecular weight is 281 g/mol. The number of nitriles is 1. The summed E-state index contributed by atoms with van der Waals surface area (Å²) in [6, 6.07) is 7.35. The molecule has 0 aromatic heterocycles. The Morgan fingerprint density at radius 3 is 2.63 bits per heavy atom. The molecule has 2 atom stereocenters. The van der Waals surface area contributed by atoms with Crippen molar-refractivity contribution in [1.82, 2.24) is 0 Å². The summed E-state index contributed by atoms with van der Waals surface area (Å²) in [5.74, 6) is -3.34. The van der Waals surface area contributed by atoms with Crippen molar-refractivity contribution in [2.75, 3.05) is 11.5 Å². The van der Waals surface area contributed by atoms with Gasteiger partial charge in [0.25, 0.3) is 0 Å². The van der Waals surface area contributed by atoms with E-state index in [4.69, 9.17) is 5.26 Å². The minimum atomic E-state index is -3.20. The lowest BCUT2D eigenvalue weighted by Gasteiger charge is -2.13. The van der Waals surface area contributed by atoms with E-state index in [9.17, 15) is 17.6 Å². The fraction of sp³-hybridized carbons (Fsp3) is 0.385. The van der Waals surface area contributed by atoms with Crippen LogP contribution in [0.25, 0.3) is 0 Å². The Morgan fingerprint density at radius 1 is 1.42 bits per heavy atom. The SMILES string of the molecule is N#CC(C(=O)C1CCS(=O)(=O)C1)c1ccccc1F. The van der Waals surface area contributed by atoms with Gasteiger partial charge in [0.15, 0.2) is 15.6 Å². The Morgan fingerprint density at radius 2 is 2.11 bits per heavy atom. The second kappa shape index (κ2) is 5.10. The van der Waals surface area contributed by atoms with Crippen LogP contribution in [0.1, 0.15) is 17.9 Å². The number of ketones is 1. The molecule has 6 heteroatoms. The maximum atomic E-state index is 13.6. The number of hydrogen-bond acceptors (Lipinski definition) is 4. The number of hydrogen-bond donors (Lipinski definition) is 0. The van der Waals surface area contributed by atoms with Gasteiger partial charge in [0.05, 0.1) is 17.6 Å². The van der Waals surface area contributed by atoms with Gasteiger partial charge >= 0.3 is 0 Å². The molecule has 0 spiro atoms. The average Bonchev–Trinajstić information content (AvgIpc) is 2.73. The van der Waals surface area contributed by atoms with Crippen molar-refractivity contribution in [3.05, 3.63) is 35.6 Å². The fourth-order valence-electron chi connectivity index (χ4n) is 2.25. The molecule has 1 heterocycles. The van der Waals surface area contributed by atoms with Gasteiger partial charge in [0.1, 0.15) is 11.7 Å². The molecule has 1 aromatic rings. The van der Waals surface area contributed by atoms with E-state index in [-0.39, 0.29) is 23.5 Å². The summed E-state index contributed by atoms with van der Waals surface area (Å²) in [5, 5.41) is 9.08. The lowest BCUT2D eigenvalue weighted by Crippen LogP contribution is -2.23. The van der Waals surface area contributed by atoms with Gasteiger partial charge in [-0.1, -0.05) is 18.2 Å². The predicted molar refractivity (Wildman–Crippen MR) is 66.5 cm³/mol. The van der Waals surface area contributed by atoms with Crippen LogP contribution >= 0.6 is 0 Å². The molecular formula is C13H12FNO3S. The van der Waals surface area contributed by atoms with Crippen LogP contribution in [0.4, 0.5) is 4.39 Å². The number of Topliss-reactive ketones (excluding diaryl/α,β-unsaturated/α-hetero) is 1. The molecule has 100 valence electrons. The van der Waals surface area contributed by atoms with E-state index >= 15 is 0 Å². The molecular weight excluding hydrogens is 269 g/mol. The monoisotopic (exact) mass is 281 g/mol. The number of sulfone groups is 1.